The maximum atomic E-state index is 10.4. The van der Waals surface area contributed by atoms with Crippen molar-refractivity contribution in [2.24, 2.45) is 0 Å². The first-order chi connectivity index (χ1) is 6.14. The molecule has 0 aromatic carbocycles. The Morgan fingerprint density at radius 1 is 1.23 bits per heavy atom. The van der Waals surface area contributed by atoms with Crippen molar-refractivity contribution in [3.8, 4) is 0 Å². The third-order valence-electron chi connectivity index (χ3n) is 3.19. The van der Waals surface area contributed by atoms with Crippen molar-refractivity contribution in [3.63, 3.8) is 0 Å². The standard InChI is InChI=1S/C9H9Br2NO/c10-7-3-5-1-2-6-4-8(11)9(7,13)12(5)6/h3-6,13H,1-2H2/t5-,6+,9?. The average Bonchev–Trinajstić information content (AvgIpc) is 2.63. The summed E-state index contributed by atoms with van der Waals surface area (Å²) < 4.78 is 1.77. The Hall–Kier alpha value is 0.360. The summed E-state index contributed by atoms with van der Waals surface area (Å²) in [6, 6.07) is 0.825. The van der Waals surface area contributed by atoms with Crippen molar-refractivity contribution in [1.29, 1.82) is 0 Å². The molecule has 13 heavy (non-hydrogen) atoms. The minimum atomic E-state index is -0.883. The van der Waals surface area contributed by atoms with E-state index in [1.807, 2.05) is 0 Å². The molecule has 0 saturated carbocycles. The second-order valence-electron chi connectivity index (χ2n) is 3.82. The zero-order valence-electron chi connectivity index (χ0n) is 6.87. The lowest BCUT2D eigenvalue weighted by Gasteiger charge is -2.31. The fourth-order valence-corrected chi connectivity index (χ4v) is 4.32. The fraction of sp³-hybridized carbons (Fsp3) is 0.556. The van der Waals surface area contributed by atoms with Crippen LogP contribution in [0.2, 0.25) is 0 Å². The van der Waals surface area contributed by atoms with E-state index in [2.05, 4.69) is 48.9 Å². The van der Waals surface area contributed by atoms with Crippen molar-refractivity contribution in [1.82, 2.24) is 4.90 Å². The van der Waals surface area contributed by atoms with Gasteiger partial charge in [-0.2, -0.15) is 0 Å². The lowest BCUT2D eigenvalue weighted by atomic mass is 10.2. The predicted octanol–water partition coefficient (Wildman–Crippen LogP) is 2.09. The van der Waals surface area contributed by atoms with E-state index in [0.29, 0.717) is 12.1 Å². The number of aliphatic hydroxyl groups is 1. The van der Waals surface area contributed by atoms with Gasteiger partial charge >= 0.3 is 0 Å². The van der Waals surface area contributed by atoms with E-state index < -0.39 is 5.72 Å². The van der Waals surface area contributed by atoms with E-state index in [1.54, 1.807) is 0 Å². The van der Waals surface area contributed by atoms with E-state index in [-0.39, 0.29) is 0 Å². The summed E-state index contributed by atoms with van der Waals surface area (Å²) in [5.41, 5.74) is -0.883. The van der Waals surface area contributed by atoms with Crippen LogP contribution in [0.3, 0.4) is 0 Å². The van der Waals surface area contributed by atoms with Crippen molar-refractivity contribution >= 4 is 31.9 Å². The Kier molecular flexibility index (Phi) is 1.65. The SMILES string of the molecule is OC12C(Br)=C[C@@H]3CC[C@H](C=C1Br)N32. The summed E-state index contributed by atoms with van der Waals surface area (Å²) in [5, 5.41) is 10.4. The van der Waals surface area contributed by atoms with Crippen LogP contribution in [0, 0.1) is 0 Å². The van der Waals surface area contributed by atoms with Crippen molar-refractivity contribution in [3.05, 3.63) is 21.1 Å². The highest BCUT2D eigenvalue weighted by atomic mass is 79.9. The zero-order chi connectivity index (χ0) is 9.22. The summed E-state index contributed by atoms with van der Waals surface area (Å²) in [5.74, 6) is 0. The molecule has 70 valence electrons. The van der Waals surface area contributed by atoms with Crippen LogP contribution in [-0.4, -0.2) is 27.8 Å². The predicted molar refractivity (Wildman–Crippen MR) is 57.6 cm³/mol. The van der Waals surface area contributed by atoms with Gasteiger partial charge in [0.05, 0.1) is 0 Å². The monoisotopic (exact) mass is 305 g/mol. The highest BCUT2D eigenvalue weighted by Crippen LogP contribution is 2.53. The van der Waals surface area contributed by atoms with Gasteiger partial charge in [0.1, 0.15) is 0 Å². The Morgan fingerprint density at radius 3 is 2.15 bits per heavy atom. The highest BCUT2D eigenvalue weighted by Gasteiger charge is 2.56. The van der Waals surface area contributed by atoms with Crippen LogP contribution >= 0.6 is 31.9 Å². The van der Waals surface area contributed by atoms with Crippen LogP contribution in [0.4, 0.5) is 0 Å². The van der Waals surface area contributed by atoms with Gasteiger partial charge in [0, 0.05) is 21.0 Å². The maximum Gasteiger partial charge on any atom is 0.184 e. The molecule has 4 heteroatoms. The first-order valence-corrected chi connectivity index (χ1v) is 5.99. The van der Waals surface area contributed by atoms with E-state index >= 15 is 0 Å². The normalized spacial score (nSPS) is 47.9. The molecule has 0 aliphatic carbocycles. The minimum Gasteiger partial charge on any atom is -0.366 e. The van der Waals surface area contributed by atoms with Crippen molar-refractivity contribution in [2.45, 2.75) is 30.7 Å². The van der Waals surface area contributed by atoms with E-state index in [9.17, 15) is 5.11 Å². The number of rotatable bonds is 0. The van der Waals surface area contributed by atoms with E-state index in [0.717, 1.165) is 21.8 Å². The molecule has 2 nitrogen and oxygen atoms in total. The average molecular weight is 307 g/mol. The van der Waals surface area contributed by atoms with Crippen molar-refractivity contribution in [2.75, 3.05) is 0 Å². The first kappa shape index (κ1) is 8.65. The van der Waals surface area contributed by atoms with Gasteiger partial charge in [-0.1, -0.05) is 44.0 Å². The first-order valence-electron chi connectivity index (χ1n) is 4.40. The van der Waals surface area contributed by atoms with Gasteiger partial charge in [0.15, 0.2) is 5.72 Å². The van der Waals surface area contributed by atoms with Gasteiger partial charge in [-0.05, 0) is 12.8 Å². The van der Waals surface area contributed by atoms with E-state index in [4.69, 9.17) is 0 Å². The molecule has 3 atom stereocenters. The third kappa shape index (κ3) is 0.856. The maximum absolute atomic E-state index is 10.4. The smallest absolute Gasteiger partial charge is 0.184 e. The highest BCUT2D eigenvalue weighted by molar-refractivity contribution is 9.12. The molecule has 0 aromatic heterocycles. The summed E-state index contributed by atoms with van der Waals surface area (Å²) >= 11 is 6.88. The molecule has 1 saturated heterocycles. The molecular formula is C9H9Br2NO. The number of nitrogens with zero attached hydrogens (tertiary/aromatic N) is 1. The van der Waals surface area contributed by atoms with Crippen LogP contribution in [-0.2, 0) is 0 Å². The molecule has 3 rings (SSSR count). The lowest BCUT2D eigenvalue weighted by Crippen LogP contribution is -2.45. The molecule has 0 spiro atoms. The number of hydrogen-bond acceptors (Lipinski definition) is 2. The molecule has 0 radical (unpaired) electrons. The third-order valence-corrected chi connectivity index (χ3v) is 4.82. The molecule has 0 bridgehead atoms. The Labute approximate surface area is 93.6 Å². The quantitative estimate of drug-likeness (QED) is 0.741. The minimum absolute atomic E-state index is 0.413. The molecule has 0 amide bonds. The van der Waals surface area contributed by atoms with Crippen LogP contribution in [0.1, 0.15) is 12.8 Å². The van der Waals surface area contributed by atoms with Gasteiger partial charge < -0.3 is 5.11 Å². The number of halogens is 2. The lowest BCUT2D eigenvalue weighted by molar-refractivity contribution is -0.0180. The molecule has 0 aromatic rings. The molecule has 3 heterocycles. The second kappa shape index (κ2) is 2.48. The fourth-order valence-electron chi connectivity index (χ4n) is 2.60. The Morgan fingerprint density at radius 2 is 1.69 bits per heavy atom. The second-order valence-corrected chi connectivity index (χ2v) is 5.53. The zero-order valence-corrected chi connectivity index (χ0v) is 10.0. The topological polar surface area (TPSA) is 23.5 Å². The molecule has 1 unspecified atom stereocenters. The van der Waals surface area contributed by atoms with Crippen LogP contribution in [0.25, 0.3) is 0 Å². The molecule has 3 aliphatic heterocycles. The van der Waals surface area contributed by atoms with Gasteiger partial charge in [0.2, 0.25) is 0 Å². The van der Waals surface area contributed by atoms with E-state index in [1.165, 1.54) is 0 Å². The Balaban J connectivity index is 2.17. The Bertz CT molecular complexity index is 309. The van der Waals surface area contributed by atoms with Crippen LogP contribution in [0.15, 0.2) is 21.1 Å². The van der Waals surface area contributed by atoms with Gasteiger partial charge in [-0.25, -0.2) is 0 Å². The molecule has 3 aliphatic rings. The van der Waals surface area contributed by atoms with Gasteiger partial charge in [0.25, 0.3) is 0 Å². The largest absolute Gasteiger partial charge is 0.366 e. The van der Waals surface area contributed by atoms with Gasteiger partial charge in [-0.15, -0.1) is 0 Å². The summed E-state index contributed by atoms with van der Waals surface area (Å²) in [6.45, 7) is 0. The number of hydrogen-bond donors (Lipinski definition) is 1. The van der Waals surface area contributed by atoms with Crippen LogP contribution in [0.5, 0.6) is 0 Å². The summed E-state index contributed by atoms with van der Waals surface area (Å²) in [7, 11) is 0. The van der Waals surface area contributed by atoms with Gasteiger partial charge in [-0.3, -0.25) is 4.90 Å². The molecular weight excluding hydrogens is 298 g/mol. The van der Waals surface area contributed by atoms with Crippen molar-refractivity contribution < 1.29 is 5.11 Å². The molecule has 1 N–H and O–H groups in total. The summed E-state index contributed by atoms with van der Waals surface area (Å²) in [6.07, 6.45) is 6.54. The summed E-state index contributed by atoms with van der Waals surface area (Å²) in [4.78, 5) is 2.17. The molecule has 1 fully saturated rings. The van der Waals surface area contributed by atoms with Crippen LogP contribution < -0.4 is 0 Å².